The van der Waals surface area contributed by atoms with Crippen molar-refractivity contribution < 1.29 is 8.22 Å². The zero-order valence-electron chi connectivity index (χ0n) is 19.8. The van der Waals surface area contributed by atoms with Gasteiger partial charge in [0.05, 0.1) is 0 Å². The molecule has 122 valence electrons. The first-order chi connectivity index (χ1) is 12.3. The van der Waals surface area contributed by atoms with Crippen LogP contribution in [0.25, 0.3) is 0 Å². The predicted molar refractivity (Wildman–Crippen MR) is 93.8 cm³/mol. The van der Waals surface area contributed by atoms with Crippen LogP contribution in [0, 0.1) is 0 Å². The number of hydrogen-bond donors (Lipinski definition) is 1. The van der Waals surface area contributed by atoms with E-state index in [0.29, 0.717) is 19.6 Å². The van der Waals surface area contributed by atoms with Gasteiger partial charge in [-0.2, -0.15) is 0 Å². The van der Waals surface area contributed by atoms with Crippen LogP contribution < -0.4 is 5.32 Å². The fraction of sp³-hybridized carbons (Fsp3) is 0.647. The van der Waals surface area contributed by atoms with Crippen molar-refractivity contribution in [2.45, 2.75) is 6.54 Å². The van der Waals surface area contributed by atoms with Crippen LogP contribution in [0.1, 0.15) is 13.8 Å². The molecule has 0 aliphatic heterocycles. The third kappa shape index (κ3) is 13.8. The van der Waals surface area contributed by atoms with Gasteiger partial charge in [0.2, 0.25) is 0 Å². The van der Waals surface area contributed by atoms with Crippen molar-refractivity contribution in [3.8, 4) is 0 Å². The molecular formula is C17H34N4. The van der Waals surface area contributed by atoms with Gasteiger partial charge in [-0.25, -0.2) is 0 Å². The lowest BCUT2D eigenvalue weighted by Gasteiger charge is -2.19. The van der Waals surface area contributed by atoms with Crippen molar-refractivity contribution in [2.75, 3.05) is 68.3 Å². The Morgan fingerprint density at radius 1 is 0.952 bits per heavy atom. The van der Waals surface area contributed by atoms with E-state index < -0.39 is 14.0 Å². The van der Waals surface area contributed by atoms with E-state index >= 15 is 0 Å². The smallest absolute Gasteiger partial charge is 0.0394 e. The molecule has 1 aromatic rings. The molecule has 4 nitrogen and oxygen atoms in total. The molecule has 4 heteroatoms. The lowest BCUT2D eigenvalue weighted by atomic mass is 10.2. The Bertz CT molecular complexity index is 488. The van der Waals surface area contributed by atoms with Crippen LogP contribution in [0.15, 0.2) is 30.3 Å². The summed E-state index contributed by atoms with van der Waals surface area (Å²) in [6, 6.07) is 9.70. The molecule has 1 N–H and O–H groups in total. The van der Waals surface area contributed by atoms with Gasteiger partial charge in [-0.1, -0.05) is 30.3 Å². The van der Waals surface area contributed by atoms with Gasteiger partial charge in [0.1, 0.15) is 0 Å². The van der Waals surface area contributed by atoms with Gasteiger partial charge < -0.3 is 20.0 Å². The number of likely N-dealkylation sites (N-methyl/N-ethyl adjacent to an activating group) is 4. The maximum atomic E-state index is 7.52. The minimum Gasteiger partial charge on any atom is -0.318 e. The molecule has 0 spiro atoms. The number of rotatable bonds is 8. The Kier molecular flexibility index (Phi) is 7.06. The maximum Gasteiger partial charge on any atom is 0.0394 e. The first kappa shape index (κ1) is 11.6. The SMILES string of the molecule is [2H]C([2H])([2H])N(CCN(C)C)Cc1ccccc1.[2H]C([2H])([2H])NCCN(C)C. The first-order valence-electron chi connectivity index (χ1n) is 10.1. The summed E-state index contributed by atoms with van der Waals surface area (Å²) in [7, 11) is 7.70. The largest absolute Gasteiger partial charge is 0.318 e. The molecule has 0 radical (unpaired) electrons. The molecule has 0 heterocycles. The molecule has 0 aliphatic rings. The monoisotopic (exact) mass is 300 g/mol. The maximum absolute atomic E-state index is 7.52. The van der Waals surface area contributed by atoms with E-state index in [2.05, 4.69) is 5.32 Å². The summed E-state index contributed by atoms with van der Waals surface area (Å²) >= 11 is 0. The van der Waals surface area contributed by atoms with Crippen molar-refractivity contribution in [1.29, 1.82) is 0 Å². The van der Waals surface area contributed by atoms with E-state index in [1.54, 1.807) is 0 Å². The highest BCUT2D eigenvalue weighted by Gasteiger charge is 1.99. The quantitative estimate of drug-likeness (QED) is 0.784. The molecule has 1 aromatic carbocycles. The Morgan fingerprint density at radius 2 is 1.62 bits per heavy atom. The average molecular weight is 301 g/mol. The molecular weight excluding hydrogens is 260 g/mol. The zero-order valence-corrected chi connectivity index (χ0v) is 13.8. The zero-order chi connectivity index (χ0) is 21.1. The Labute approximate surface area is 140 Å². The van der Waals surface area contributed by atoms with Crippen LogP contribution in [-0.4, -0.2) is 83.0 Å². The molecule has 0 aliphatic carbocycles. The second kappa shape index (κ2) is 12.8. The summed E-state index contributed by atoms with van der Waals surface area (Å²) in [6.07, 6.45) is 0. The van der Waals surface area contributed by atoms with Crippen LogP contribution in [0.4, 0.5) is 0 Å². The third-order valence-electron chi connectivity index (χ3n) is 2.72. The van der Waals surface area contributed by atoms with Gasteiger partial charge in [0.25, 0.3) is 0 Å². The van der Waals surface area contributed by atoms with E-state index in [-0.39, 0.29) is 0 Å². The van der Waals surface area contributed by atoms with Gasteiger partial charge in [-0.05, 0) is 47.7 Å². The number of hydrogen-bond acceptors (Lipinski definition) is 4. The minimum atomic E-state index is -2.04. The number of benzene rings is 1. The van der Waals surface area contributed by atoms with Gasteiger partial charge >= 0.3 is 0 Å². The van der Waals surface area contributed by atoms with Crippen molar-refractivity contribution in [3.63, 3.8) is 0 Å². The van der Waals surface area contributed by atoms with Crippen LogP contribution in [0.2, 0.25) is 0 Å². The summed E-state index contributed by atoms with van der Waals surface area (Å²) < 4.78 is 42.9. The molecule has 21 heavy (non-hydrogen) atoms. The van der Waals surface area contributed by atoms with Gasteiger partial charge in [-0.3, -0.25) is 0 Å². The van der Waals surface area contributed by atoms with Crippen LogP contribution in [0.5, 0.6) is 0 Å². The highest BCUT2D eigenvalue weighted by Crippen LogP contribution is 2.01. The highest BCUT2D eigenvalue weighted by atomic mass is 15.1. The number of nitrogens with one attached hydrogen (secondary N) is 1. The molecule has 0 aromatic heterocycles. The summed E-state index contributed by atoms with van der Waals surface area (Å²) in [5.74, 6) is 0. The van der Waals surface area contributed by atoms with Crippen molar-refractivity contribution >= 4 is 0 Å². The van der Waals surface area contributed by atoms with Crippen molar-refractivity contribution in [2.24, 2.45) is 0 Å². The minimum absolute atomic E-state index is 0.463. The lowest BCUT2D eigenvalue weighted by Crippen LogP contribution is -2.28. The Hall–Kier alpha value is -0.940. The van der Waals surface area contributed by atoms with Gasteiger partial charge in [0.15, 0.2) is 0 Å². The average Bonchev–Trinajstić information content (AvgIpc) is 2.50. The van der Waals surface area contributed by atoms with Gasteiger partial charge in [-0.15, -0.1) is 0 Å². The summed E-state index contributed by atoms with van der Waals surface area (Å²) in [4.78, 5) is 5.45. The van der Waals surface area contributed by atoms with Crippen LogP contribution in [-0.2, 0) is 6.54 Å². The van der Waals surface area contributed by atoms with Crippen LogP contribution >= 0.6 is 0 Å². The topological polar surface area (TPSA) is 21.8 Å². The van der Waals surface area contributed by atoms with Crippen molar-refractivity contribution in [1.82, 2.24) is 20.0 Å². The molecule has 0 saturated carbocycles. The van der Waals surface area contributed by atoms with Crippen LogP contribution in [0.3, 0.4) is 0 Å². The van der Waals surface area contributed by atoms with E-state index in [1.165, 1.54) is 4.90 Å². The third-order valence-corrected chi connectivity index (χ3v) is 2.72. The Balaban J connectivity index is 0.000000580. The first-order valence-corrected chi connectivity index (χ1v) is 7.15. The molecule has 0 unspecified atom stereocenters. The number of nitrogens with zero attached hydrogens (tertiary/aromatic N) is 3. The van der Waals surface area contributed by atoms with E-state index in [4.69, 9.17) is 8.22 Å². The highest BCUT2D eigenvalue weighted by molar-refractivity contribution is 5.14. The van der Waals surface area contributed by atoms with E-state index in [1.807, 2.05) is 68.3 Å². The second-order valence-corrected chi connectivity index (χ2v) is 5.44. The fourth-order valence-corrected chi connectivity index (χ4v) is 1.48. The summed E-state index contributed by atoms with van der Waals surface area (Å²) in [6.45, 7) is -1.03. The summed E-state index contributed by atoms with van der Waals surface area (Å²) in [5.41, 5.74) is 1.03. The standard InChI is InChI=1S/C12H20N2.C5H14N2/c1-13(2)9-10-14(3)11-12-7-5-4-6-8-12;1-6-4-5-7(2)3/h4-8H,9-11H2,1-3H3;6H,4-5H2,1-3H3/i3D3;1D3. The summed E-state index contributed by atoms with van der Waals surface area (Å²) in [5, 5.41) is 2.41. The normalized spacial score (nSPS) is 16.3. The lowest BCUT2D eigenvalue weighted by molar-refractivity contribution is 0.276. The molecule has 0 fully saturated rings. The molecule has 0 atom stereocenters. The second-order valence-electron chi connectivity index (χ2n) is 5.44. The van der Waals surface area contributed by atoms with Crippen molar-refractivity contribution in [3.05, 3.63) is 35.9 Å². The molecule has 0 saturated heterocycles. The molecule has 1 rings (SSSR count). The molecule has 0 bridgehead atoms. The van der Waals surface area contributed by atoms with Gasteiger partial charge in [0, 0.05) is 40.9 Å². The Morgan fingerprint density at radius 3 is 2.14 bits per heavy atom. The molecule has 0 amide bonds. The predicted octanol–water partition coefficient (Wildman–Crippen LogP) is 1.45. The fourth-order valence-electron chi connectivity index (χ4n) is 1.48. The van der Waals surface area contributed by atoms with E-state index in [9.17, 15) is 0 Å². The van der Waals surface area contributed by atoms with E-state index in [0.717, 1.165) is 18.7 Å².